The van der Waals surface area contributed by atoms with E-state index in [1.54, 1.807) is 0 Å². The van der Waals surface area contributed by atoms with E-state index in [4.69, 9.17) is 10.5 Å². The Morgan fingerprint density at radius 2 is 2.00 bits per heavy atom. The fourth-order valence-electron chi connectivity index (χ4n) is 3.39. The molecule has 0 spiro atoms. The molecule has 131 valence electrons. The summed E-state index contributed by atoms with van der Waals surface area (Å²) in [6.45, 7) is 1.33. The van der Waals surface area contributed by atoms with Gasteiger partial charge in [-0.15, -0.1) is 0 Å². The molecule has 1 aliphatic carbocycles. The average Bonchev–Trinajstić information content (AvgIpc) is 2.78. The van der Waals surface area contributed by atoms with E-state index in [0.717, 1.165) is 16.3 Å². The molecule has 0 aromatic carbocycles. The summed E-state index contributed by atoms with van der Waals surface area (Å²) < 4.78 is 36.0. The van der Waals surface area contributed by atoms with Crippen LogP contribution in [0.15, 0.2) is 0 Å². The first-order valence-corrected chi connectivity index (χ1v) is 10.4. The fourth-order valence-corrected chi connectivity index (χ4v) is 4.69. The maximum absolute atomic E-state index is 12.2. The molecule has 5 nitrogen and oxygen atoms in total. The van der Waals surface area contributed by atoms with Crippen LogP contribution in [0.25, 0.3) is 0 Å². The molecule has 1 heterocycles. The third kappa shape index (κ3) is 5.49. The van der Waals surface area contributed by atoms with Gasteiger partial charge in [0.15, 0.2) is 0 Å². The Hall–Kier alpha value is -0.0279. The molecule has 1 aliphatic heterocycles. The van der Waals surface area contributed by atoms with Crippen molar-refractivity contribution < 1.29 is 23.0 Å². The van der Waals surface area contributed by atoms with Gasteiger partial charge in [0.2, 0.25) is 0 Å². The van der Waals surface area contributed by atoms with Gasteiger partial charge in [0, 0.05) is 0 Å². The summed E-state index contributed by atoms with van der Waals surface area (Å²) in [7, 11) is 0. The standard InChI is InChI=1S/C15H25F2N2O3.Pb/c1-10-7-12(18)13(8-21-11-5-3-2-4-6-11)19(10)15(20)22-9-14(16)17;/h2,10-14H,3-9,18H2,1H3;. The quantitative estimate of drug-likeness (QED) is 0.558. The van der Waals surface area contributed by atoms with Crippen molar-refractivity contribution in [2.75, 3.05) is 13.2 Å². The van der Waals surface area contributed by atoms with Crippen molar-refractivity contribution in [3.05, 3.63) is 0 Å². The minimum atomic E-state index is -2.66. The normalized spacial score (nSPS) is 34.9. The molecule has 0 aromatic rings. The summed E-state index contributed by atoms with van der Waals surface area (Å²) in [6, 6.07) is -0.635. The number of alkyl halides is 2. The maximum atomic E-state index is 12.2. The van der Waals surface area contributed by atoms with Gasteiger partial charge in [-0.25, -0.2) is 8.78 Å². The Bertz CT molecular complexity index is 395. The number of carbonyl (C=O) groups is 1. The number of ether oxygens (including phenoxy) is 2. The molecule has 2 aliphatic rings. The Kier molecular flexibility index (Phi) is 7.46. The van der Waals surface area contributed by atoms with E-state index >= 15 is 0 Å². The molecule has 23 heavy (non-hydrogen) atoms. The van der Waals surface area contributed by atoms with Gasteiger partial charge < -0.3 is 0 Å². The molecule has 2 fully saturated rings. The number of likely N-dealkylation sites (tertiary alicyclic amines) is 1. The van der Waals surface area contributed by atoms with Crippen molar-refractivity contribution in [1.82, 2.24) is 4.90 Å². The summed E-state index contributed by atoms with van der Waals surface area (Å²) in [6.07, 6.45) is 2.01. The van der Waals surface area contributed by atoms with Crippen molar-refractivity contribution in [2.24, 2.45) is 5.73 Å². The number of nitrogens with zero attached hydrogens (tertiary/aromatic N) is 1. The Morgan fingerprint density at radius 3 is 2.61 bits per heavy atom. The molecule has 0 aromatic heterocycles. The van der Waals surface area contributed by atoms with Crippen LogP contribution >= 0.6 is 0 Å². The third-order valence-corrected chi connectivity index (χ3v) is 6.90. The number of carbonyl (C=O) groups excluding carboxylic acids is 1. The van der Waals surface area contributed by atoms with Crippen molar-refractivity contribution in [3.8, 4) is 0 Å². The first kappa shape index (κ1) is 19.3. The SMILES string of the molecule is CC1CC(N)C(COC2CC[CH]([Pb])CC2)N1C(=O)OCC(F)F. The van der Waals surface area contributed by atoms with E-state index in [9.17, 15) is 13.6 Å². The molecule has 3 atom stereocenters. The molecule has 2 rings (SSSR count). The molecule has 1 amide bonds. The van der Waals surface area contributed by atoms with Gasteiger partial charge in [0.25, 0.3) is 0 Å². The minimum absolute atomic E-state index is 0.124. The predicted octanol–water partition coefficient (Wildman–Crippen LogP) is 2.09. The first-order valence-electron chi connectivity index (χ1n) is 8.20. The van der Waals surface area contributed by atoms with Gasteiger partial charge in [-0.05, 0) is 0 Å². The number of hydrogen-bond donors (Lipinski definition) is 1. The van der Waals surface area contributed by atoms with Crippen LogP contribution in [0, 0.1) is 0 Å². The first-order chi connectivity index (χ1) is 10.9. The van der Waals surface area contributed by atoms with Crippen LogP contribution in [0.1, 0.15) is 39.0 Å². The van der Waals surface area contributed by atoms with Crippen LogP contribution in [0.2, 0.25) is 3.48 Å². The zero-order chi connectivity index (χ0) is 17.0. The molecular formula is C15H25F2N2O3Pb. The summed E-state index contributed by atoms with van der Waals surface area (Å²) in [5.41, 5.74) is 6.12. The van der Waals surface area contributed by atoms with Gasteiger partial charge >= 0.3 is 143 Å². The smallest absolute Gasteiger partial charge is 0.207 e. The Labute approximate surface area is 151 Å². The number of nitrogens with two attached hydrogens (primary N) is 1. The van der Waals surface area contributed by atoms with Crippen molar-refractivity contribution in [3.63, 3.8) is 0 Å². The fraction of sp³-hybridized carbons (Fsp3) is 0.933. The third-order valence-electron chi connectivity index (χ3n) is 4.66. The molecule has 3 radical (unpaired) electrons. The second-order valence-electron chi connectivity index (χ2n) is 6.50. The monoisotopic (exact) mass is 527 g/mol. The van der Waals surface area contributed by atoms with Gasteiger partial charge in [-0.3, -0.25) is 0 Å². The molecule has 0 bridgehead atoms. The van der Waals surface area contributed by atoms with Crippen LogP contribution in [0.4, 0.5) is 13.6 Å². The Balaban J connectivity index is 1.87. The number of amides is 1. The van der Waals surface area contributed by atoms with E-state index in [-0.39, 0.29) is 24.2 Å². The Morgan fingerprint density at radius 1 is 1.35 bits per heavy atom. The second-order valence-corrected chi connectivity index (χ2v) is 9.67. The van der Waals surface area contributed by atoms with Crippen LogP contribution < -0.4 is 5.73 Å². The van der Waals surface area contributed by atoms with Crippen LogP contribution in [0.3, 0.4) is 0 Å². The zero-order valence-electron chi connectivity index (χ0n) is 13.4. The molecule has 2 N–H and O–H groups in total. The van der Waals surface area contributed by atoms with E-state index in [2.05, 4.69) is 4.74 Å². The summed E-state index contributed by atoms with van der Waals surface area (Å²) in [5.74, 6) is 0. The number of rotatable bonds is 5. The van der Waals surface area contributed by atoms with Crippen LogP contribution in [0.5, 0.6) is 0 Å². The number of halogens is 2. The zero-order valence-corrected chi connectivity index (χ0v) is 17.3. The van der Waals surface area contributed by atoms with E-state index < -0.39 is 19.1 Å². The minimum Gasteiger partial charge on any atom is -0.207 e. The van der Waals surface area contributed by atoms with Gasteiger partial charge in [0.1, 0.15) is 0 Å². The second kappa shape index (κ2) is 8.89. The van der Waals surface area contributed by atoms with Gasteiger partial charge in [-0.1, -0.05) is 0 Å². The van der Waals surface area contributed by atoms with Crippen molar-refractivity contribution >= 4 is 31.9 Å². The molecular weight excluding hydrogens is 501 g/mol. The molecule has 1 saturated carbocycles. The van der Waals surface area contributed by atoms with E-state index in [1.807, 2.05) is 6.92 Å². The molecule has 8 heteroatoms. The summed E-state index contributed by atoms with van der Waals surface area (Å²) in [4.78, 5) is 13.6. The van der Waals surface area contributed by atoms with Crippen LogP contribution in [-0.4, -0.2) is 80.6 Å². The van der Waals surface area contributed by atoms with Crippen molar-refractivity contribution in [1.29, 1.82) is 0 Å². The topological polar surface area (TPSA) is 64.8 Å². The van der Waals surface area contributed by atoms with Crippen molar-refractivity contribution in [2.45, 2.75) is 73.2 Å². The summed E-state index contributed by atoms with van der Waals surface area (Å²) >= 11 is 1.23. The predicted molar refractivity (Wildman–Crippen MR) is 82.7 cm³/mol. The molecule has 3 unspecified atom stereocenters. The van der Waals surface area contributed by atoms with E-state index in [1.165, 1.54) is 43.5 Å². The van der Waals surface area contributed by atoms with Gasteiger partial charge in [0.05, 0.1) is 0 Å². The van der Waals surface area contributed by atoms with E-state index in [0.29, 0.717) is 13.0 Å². The number of hydrogen-bond acceptors (Lipinski definition) is 4. The molecule has 1 saturated heterocycles. The van der Waals surface area contributed by atoms with Gasteiger partial charge in [-0.2, -0.15) is 0 Å². The summed E-state index contributed by atoms with van der Waals surface area (Å²) in [5, 5.41) is 0. The average molecular weight is 527 g/mol. The van der Waals surface area contributed by atoms with Crippen LogP contribution in [-0.2, 0) is 9.47 Å².